The molecule has 3 aliphatic rings. The van der Waals surface area contributed by atoms with E-state index >= 15 is 0 Å². The van der Waals surface area contributed by atoms with Crippen LogP contribution in [0.15, 0.2) is 196 Å². The molecule has 0 amide bonds. The van der Waals surface area contributed by atoms with E-state index in [0.29, 0.717) is 19.6 Å². The van der Waals surface area contributed by atoms with E-state index in [1.54, 1.807) is 36.4 Å². The van der Waals surface area contributed by atoms with Crippen LogP contribution in [0.4, 0.5) is 0 Å². The molecule has 12 heteroatoms. The van der Waals surface area contributed by atoms with Crippen LogP contribution in [0.3, 0.4) is 0 Å². The van der Waals surface area contributed by atoms with Gasteiger partial charge in [0, 0.05) is 54.2 Å². The number of hydrogen-bond donors (Lipinski definition) is 0. The summed E-state index contributed by atoms with van der Waals surface area (Å²) in [6, 6.07) is 58.0. The minimum Gasteiger partial charge on any atom is -0.493 e. The highest BCUT2D eigenvalue weighted by molar-refractivity contribution is 5.64. The summed E-state index contributed by atoms with van der Waals surface area (Å²) in [6.07, 6.45) is 2.93. The van der Waals surface area contributed by atoms with Crippen LogP contribution in [0, 0.1) is 0 Å². The Morgan fingerprint density at radius 1 is 0.429 bits per heavy atom. The van der Waals surface area contributed by atoms with E-state index in [4.69, 9.17) is 14.2 Å². The van der Waals surface area contributed by atoms with E-state index in [1.807, 2.05) is 210 Å². The van der Waals surface area contributed by atoms with Gasteiger partial charge in [-0.05, 0) is 127 Å². The van der Waals surface area contributed by atoms with Gasteiger partial charge in [0.05, 0.1) is 43.3 Å². The molecule has 6 aromatic carbocycles. The number of nitrogens with zero attached hydrogens (tertiary/aromatic N) is 6. The van der Waals surface area contributed by atoms with Gasteiger partial charge in [0.25, 0.3) is 16.7 Å². The van der Waals surface area contributed by atoms with Crippen molar-refractivity contribution in [2.75, 3.05) is 6.61 Å². The number of ether oxygens (including phenoxy) is 3. The predicted molar refractivity (Wildman–Crippen MR) is 348 cm³/mol. The molecular formula is C72H90N6O6. The Kier molecular flexibility index (Phi) is 28.6. The molecule has 3 aromatic heterocycles. The molecule has 6 heterocycles. The van der Waals surface area contributed by atoms with E-state index in [1.165, 1.54) is 30.7 Å². The molecule has 84 heavy (non-hydrogen) atoms. The van der Waals surface area contributed by atoms with Crippen LogP contribution in [-0.4, -0.2) is 47.7 Å². The number of rotatable bonds is 9. The van der Waals surface area contributed by atoms with E-state index in [-0.39, 0.29) is 28.4 Å². The largest absolute Gasteiger partial charge is 0.493 e. The maximum Gasteiger partial charge on any atom is 0.267 e. The number of benzene rings is 6. The van der Waals surface area contributed by atoms with Gasteiger partial charge >= 0.3 is 0 Å². The number of hydrogen-bond acceptors (Lipinski definition) is 9. The van der Waals surface area contributed by atoms with Crippen molar-refractivity contribution in [1.29, 1.82) is 0 Å². The summed E-state index contributed by atoms with van der Waals surface area (Å²) in [5.74, 6) is 2.83. The Morgan fingerprint density at radius 3 is 1.19 bits per heavy atom. The van der Waals surface area contributed by atoms with Crippen molar-refractivity contribution >= 4 is 0 Å². The standard InChI is InChI=1S/C21H20N2O2.C20H18N2O2.C19H16N2O2.6C2H6/c1-21(2)13-17-12-16(8-10-19(17)25-21)18-9-11-20(24)23(22-18)14-15-6-4-3-5-7-15;1-14-11-17-12-16(7-9-19(17)24-14)18-8-10-20(23)22(21-18)13-15-5-3-2-4-6-15;22-19-9-7-17(15-6-8-18-16(12-15)10-11-23-18)20-21(19)13-14-4-2-1-3-5-14;6*1-2/h3-12H,13-14H2,1-2H3;2-10,12,14H,11,13H2,1H3;1-9,12H,10-11,13H2;6*1-2H3. The van der Waals surface area contributed by atoms with Crippen molar-refractivity contribution in [2.24, 2.45) is 0 Å². The first-order valence-electron chi connectivity index (χ1n) is 30.2. The topological polar surface area (TPSA) is 132 Å². The van der Waals surface area contributed by atoms with Gasteiger partial charge in [-0.1, -0.05) is 174 Å². The molecule has 12 rings (SSSR count). The third-order valence-corrected chi connectivity index (χ3v) is 12.7. The summed E-state index contributed by atoms with van der Waals surface area (Å²) < 4.78 is 21.7. The molecule has 0 fully saturated rings. The second-order valence-corrected chi connectivity index (χ2v) is 18.8. The van der Waals surface area contributed by atoms with Gasteiger partial charge in [-0.3, -0.25) is 14.4 Å². The highest BCUT2D eigenvalue weighted by atomic mass is 16.5. The molecule has 0 saturated carbocycles. The molecule has 0 spiro atoms. The average molecular weight is 1140 g/mol. The molecule has 444 valence electrons. The number of aromatic nitrogens is 6. The quantitative estimate of drug-likeness (QED) is 0.139. The number of fused-ring (bicyclic) bond motifs is 3. The average Bonchev–Trinajstić information content (AvgIpc) is 3.69. The fourth-order valence-electron chi connectivity index (χ4n) is 9.11. The second-order valence-electron chi connectivity index (χ2n) is 18.8. The molecule has 0 N–H and O–H groups in total. The van der Waals surface area contributed by atoms with Crippen molar-refractivity contribution < 1.29 is 14.2 Å². The molecule has 0 bridgehead atoms. The maximum absolute atomic E-state index is 12.2. The van der Waals surface area contributed by atoms with Crippen LogP contribution >= 0.6 is 0 Å². The molecule has 0 radical (unpaired) electrons. The molecule has 0 aliphatic carbocycles. The highest BCUT2D eigenvalue weighted by Crippen LogP contribution is 2.37. The van der Waals surface area contributed by atoms with Crippen molar-refractivity contribution in [3.63, 3.8) is 0 Å². The van der Waals surface area contributed by atoms with E-state index in [2.05, 4.69) is 54.3 Å². The molecule has 1 unspecified atom stereocenters. The van der Waals surface area contributed by atoms with E-state index in [9.17, 15) is 14.4 Å². The summed E-state index contributed by atoms with van der Waals surface area (Å²) in [6.45, 7) is 32.4. The van der Waals surface area contributed by atoms with Crippen molar-refractivity contribution in [3.05, 3.63) is 246 Å². The molecule has 0 saturated heterocycles. The van der Waals surface area contributed by atoms with Crippen LogP contribution < -0.4 is 30.9 Å². The third kappa shape index (κ3) is 19.2. The van der Waals surface area contributed by atoms with Crippen molar-refractivity contribution in [3.8, 4) is 51.0 Å². The maximum atomic E-state index is 12.2. The SMILES string of the molecule is CC.CC.CC.CC.CC.CC.CC1(C)Cc2cc(-c3ccc(=O)n(Cc4ccccc4)n3)ccc2O1.CC1Cc2cc(-c3ccc(=O)n(Cc4ccccc4)n3)ccc2O1.O=c1ccc(-c2ccc3c(c2)CCO3)nn1Cc1ccccc1. The van der Waals surface area contributed by atoms with Gasteiger partial charge in [0.2, 0.25) is 0 Å². The lowest BCUT2D eigenvalue weighted by Gasteiger charge is -2.16. The van der Waals surface area contributed by atoms with Crippen molar-refractivity contribution in [1.82, 2.24) is 29.3 Å². The molecular weight excluding hydrogens is 1040 g/mol. The fraction of sp³-hybridized carbons (Fsp3) is 0.333. The normalized spacial score (nSPS) is 12.8. The van der Waals surface area contributed by atoms with Crippen LogP contribution in [-0.2, 0) is 38.9 Å². The lowest BCUT2D eigenvalue weighted by molar-refractivity contribution is 0.138. The summed E-state index contributed by atoms with van der Waals surface area (Å²) in [7, 11) is 0. The smallest absolute Gasteiger partial charge is 0.267 e. The Morgan fingerprint density at radius 2 is 0.786 bits per heavy atom. The highest BCUT2D eigenvalue weighted by Gasteiger charge is 2.30. The van der Waals surface area contributed by atoms with Crippen molar-refractivity contribution in [2.45, 2.75) is 154 Å². The zero-order valence-corrected chi connectivity index (χ0v) is 52.5. The van der Waals surface area contributed by atoms with Gasteiger partial charge in [0.15, 0.2) is 0 Å². The minimum atomic E-state index is -0.166. The minimum absolute atomic E-state index is 0.0953. The zero-order valence-electron chi connectivity index (χ0n) is 52.5. The van der Waals surface area contributed by atoms with Crippen LogP contribution in [0.2, 0.25) is 0 Å². The van der Waals surface area contributed by atoms with Gasteiger partial charge in [0.1, 0.15) is 29.0 Å². The lowest BCUT2D eigenvalue weighted by Crippen LogP contribution is -2.24. The predicted octanol–water partition coefficient (Wildman–Crippen LogP) is 16.0. The summed E-state index contributed by atoms with van der Waals surface area (Å²) in [5, 5.41) is 13.6. The molecule has 9 aromatic rings. The first-order valence-corrected chi connectivity index (χ1v) is 30.2. The Labute approximate surface area is 499 Å². The zero-order chi connectivity index (χ0) is 61.6. The fourth-order valence-corrected chi connectivity index (χ4v) is 9.11. The first-order chi connectivity index (χ1) is 41.0. The Hall–Kier alpha value is -8.64. The Balaban J connectivity index is 0.000000248. The van der Waals surface area contributed by atoms with Gasteiger partial charge in [-0.2, -0.15) is 15.3 Å². The third-order valence-electron chi connectivity index (χ3n) is 12.7. The van der Waals surface area contributed by atoms with Crippen LogP contribution in [0.5, 0.6) is 17.2 Å². The summed E-state index contributed by atoms with van der Waals surface area (Å²) in [4.78, 5) is 36.4. The molecule has 3 aliphatic heterocycles. The van der Waals surface area contributed by atoms with Gasteiger partial charge < -0.3 is 14.2 Å². The molecule has 1 atom stereocenters. The van der Waals surface area contributed by atoms with Gasteiger partial charge in [-0.15, -0.1) is 0 Å². The Bertz CT molecular complexity index is 3560. The summed E-state index contributed by atoms with van der Waals surface area (Å²) in [5.41, 5.74) is 11.7. The van der Waals surface area contributed by atoms with Crippen LogP contribution in [0.1, 0.15) is 137 Å². The first kappa shape index (κ1) is 67.9. The van der Waals surface area contributed by atoms with E-state index < -0.39 is 0 Å². The summed E-state index contributed by atoms with van der Waals surface area (Å²) >= 11 is 0. The van der Waals surface area contributed by atoms with E-state index in [0.717, 1.165) is 93.6 Å². The van der Waals surface area contributed by atoms with Gasteiger partial charge in [-0.25, -0.2) is 14.0 Å². The lowest BCUT2D eigenvalue weighted by atomic mass is 9.99. The monoisotopic (exact) mass is 1130 g/mol. The second kappa shape index (κ2) is 35.4. The van der Waals surface area contributed by atoms with Crippen LogP contribution in [0.25, 0.3) is 33.8 Å². The molecule has 12 nitrogen and oxygen atoms in total.